The Hall–Kier alpha value is -0.270. The van der Waals surface area contributed by atoms with E-state index in [1.165, 1.54) is 10.4 Å². The number of primary sulfonamides is 1. The first kappa shape index (κ1) is 23.8. The molecule has 1 unspecified atom stereocenters. The molecule has 26 heavy (non-hydrogen) atoms. The molecule has 152 valence electrons. The first-order valence-corrected chi connectivity index (χ1v) is 12.0. The fraction of sp³-hybridized carbons (Fsp3) is 0.714. The van der Waals surface area contributed by atoms with Crippen LogP contribution in [0.1, 0.15) is 44.2 Å². The Morgan fingerprint density at radius 3 is 2.58 bits per heavy atom. The number of halogens is 1. The van der Waals surface area contributed by atoms with Crippen molar-refractivity contribution in [1.82, 2.24) is 9.62 Å². The monoisotopic (exact) mass is 447 g/mol. The number of fused-ring (bicyclic) bond motifs is 1. The van der Waals surface area contributed by atoms with Crippen LogP contribution in [-0.4, -0.2) is 52.5 Å². The zero-order valence-electron chi connectivity index (χ0n) is 14.5. The number of thiophene rings is 1. The molecule has 8 nitrogen and oxygen atoms in total. The molecule has 1 aliphatic rings. The highest BCUT2D eigenvalue weighted by molar-refractivity contribution is 7.94. The highest BCUT2D eigenvalue weighted by Crippen LogP contribution is 2.39. The summed E-state index contributed by atoms with van der Waals surface area (Å²) in [6.45, 7) is 3.32. The Labute approximate surface area is 165 Å². The van der Waals surface area contributed by atoms with E-state index in [-0.39, 0.29) is 40.0 Å². The van der Waals surface area contributed by atoms with E-state index < -0.39 is 20.0 Å². The van der Waals surface area contributed by atoms with E-state index >= 15 is 0 Å². The van der Waals surface area contributed by atoms with Gasteiger partial charge in [-0.25, -0.2) is 22.0 Å². The van der Waals surface area contributed by atoms with Crippen molar-refractivity contribution in [3.63, 3.8) is 0 Å². The molecule has 1 atom stereocenters. The third-order valence-corrected chi connectivity index (χ3v) is 9.05. The van der Waals surface area contributed by atoms with Gasteiger partial charge in [0, 0.05) is 31.3 Å². The van der Waals surface area contributed by atoms with Crippen LogP contribution in [0, 0.1) is 0 Å². The molecule has 0 aliphatic carbocycles. The van der Waals surface area contributed by atoms with Crippen LogP contribution in [0.25, 0.3) is 0 Å². The third kappa shape index (κ3) is 5.38. The summed E-state index contributed by atoms with van der Waals surface area (Å²) in [7, 11) is -7.67. The minimum Gasteiger partial charge on any atom is -0.396 e. The lowest BCUT2D eigenvalue weighted by molar-refractivity contribution is 0.280. The molecule has 0 amide bonds. The van der Waals surface area contributed by atoms with Gasteiger partial charge in [-0.05, 0) is 25.5 Å². The summed E-state index contributed by atoms with van der Waals surface area (Å²) >= 11 is 0.714. The van der Waals surface area contributed by atoms with Gasteiger partial charge in [0.25, 0.3) is 10.0 Å². The second-order valence-electron chi connectivity index (χ2n) is 5.96. The first-order chi connectivity index (χ1) is 11.7. The Morgan fingerprint density at radius 1 is 1.35 bits per heavy atom. The number of likely N-dealkylation sites (N-methyl/N-ethyl adjacent to an activating group) is 1. The molecular formula is C14H26ClN3O5S3. The molecule has 4 N–H and O–H groups in total. The van der Waals surface area contributed by atoms with Gasteiger partial charge in [0.05, 0.1) is 0 Å². The third-order valence-electron chi connectivity index (χ3n) is 4.08. The van der Waals surface area contributed by atoms with Crippen molar-refractivity contribution in [2.24, 2.45) is 5.14 Å². The van der Waals surface area contributed by atoms with E-state index in [1.54, 1.807) is 0 Å². The standard InChI is InChI=1S/C14H25N3O5S3.ClH/c1-2-16-12-10-17(7-5-3-4-6-8-18)25(21,22)14-11(12)9-13(23-14)24(15,19)20;/h9,12,16,18H,2-8,10H2,1H3,(H2,15,19,20);1H. The SMILES string of the molecule is CCNC1CN(CCCCCCO)S(=O)(=O)c2sc(S(N)(=O)=O)cc21.Cl. The highest BCUT2D eigenvalue weighted by Gasteiger charge is 2.39. The van der Waals surface area contributed by atoms with Crippen molar-refractivity contribution < 1.29 is 21.9 Å². The molecule has 12 heteroatoms. The molecule has 2 heterocycles. The summed E-state index contributed by atoms with van der Waals surface area (Å²) in [5.74, 6) is 0. The summed E-state index contributed by atoms with van der Waals surface area (Å²) in [5.41, 5.74) is 0.479. The number of nitrogens with two attached hydrogens (primary N) is 1. The summed E-state index contributed by atoms with van der Waals surface area (Å²) in [5, 5.41) is 17.2. The molecule has 0 fully saturated rings. The van der Waals surface area contributed by atoms with E-state index in [4.69, 9.17) is 10.2 Å². The summed E-state index contributed by atoms with van der Waals surface area (Å²) < 4.78 is 50.3. The summed E-state index contributed by atoms with van der Waals surface area (Å²) in [6.07, 6.45) is 3.08. The van der Waals surface area contributed by atoms with E-state index in [0.717, 1.165) is 12.8 Å². The lowest BCUT2D eigenvalue weighted by Gasteiger charge is -2.32. The average molecular weight is 448 g/mol. The van der Waals surface area contributed by atoms with Crippen molar-refractivity contribution in [2.75, 3.05) is 26.2 Å². The molecule has 0 saturated heterocycles. The number of hydrogen-bond donors (Lipinski definition) is 3. The number of nitrogens with zero attached hydrogens (tertiary/aromatic N) is 1. The van der Waals surface area contributed by atoms with Crippen molar-refractivity contribution >= 4 is 43.8 Å². The van der Waals surface area contributed by atoms with Crippen LogP contribution in [0.15, 0.2) is 14.5 Å². The number of aliphatic hydroxyl groups excluding tert-OH is 1. The van der Waals surface area contributed by atoms with E-state index in [0.29, 0.717) is 42.8 Å². The predicted octanol–water partition coefficient (Wildman–Crippen LogP) is 1.02. The fourth-order valence-corrected chi connectivity index (χ4v) is 7.16. The van der Waals surface area contributed by atoms with E-state index in [1.807, 2.05) is 6.92 Å². The lowest BCUT2D eigenvalue weighted by Crippen LogP contribution is -2.43. The minimum absolute atomic E-state index is 0. The van der Waals surface area contributed by atoms with Crippen LogP contribution in [0.2, 0.25) is 0 Å². The molecule has 2 rings (SSSR count). The van der Waals surface area contributed by atoms with Crippen LogP contribution in [0.5, 0.6) is 0 Å². The number of aliphatic hydroxyl groups is 1. The van der Waals surface area contributed by atoms with Crippen molar-refractivity contribution in [1.29, 1.82) is 0 Å². The Bertz CT molecular complexity index is 795. The van der Waals surface area contributed by atoms with Gasteiger partial charge in [0.1, 0.15) is 8.42 Å². The maximum absolute atomic E-state index is 12.8. The van der Waals surface area contributed by atoms with E-state index in [9.17, 15) is 16.8 Å². The van der Waals surface area contributed by atoms with E-state index in [2.05, 4.69) is 5.32 Å². The fourth-order valence-electron chi connectivity index (χ4n) is 2.85. The normalized spacial score (nSPS) is 19.7. The summed E-state index contributed by atoms with van der Waals surface area (Å²) in [4.78, 5) is 0. The van der Waals surface area contributed by atoms with Crippen molar-refractivity contribution in [3.05, 3.63) is 11.6 Å². The maximum Gasteiger partial charge on any atom is 0.252 e. The van der Waals surface area contributed by atoms with Gasteiger partial charge in [0.15, 0.2) is 0 Å². The molecule has 0 aromatic carbocycles. The largest absolute Gasteiger partial charge is 0.396 e. The molecule has 1 aromatic rings. The van der Waals surface area contributed by atoms with Crippen LogP contribution in [0.3, 0.4) is 0 Å². The number of sulfonamides is 2. The molecule has 0 saturated carbocycles. The number of nitrogens with one attached hydrogen (secondary N) is 1. The number of hydrogen-bond acceptors (Lipinski definition) is 7. The second-order valence-corrected chi connectivity index (χ2v) is 10.9. The van der Waals surface area contributed by atoms with Gasteiger partial charge < -0.3 is 10.4 Å². The molecule has 1 aliphatic heterocycles. The molecule has 0 radical (unpaired) electrons. The van der Waals surface area contributed by atoms with Crippen molar-refractivity contribution in [3.8, 4) is 0 Å². The van der Waals surface area contributed by atoms with Gasteiger partial charge in [-0.3, -0.25) is 0 Å². The zero-order chi connectivity index (χ0) is 18.7. The topological polar surface area (TPSA) is 130 Å². The Balaban J connectivity index is 0.00000338. The minimum atomic E-state index is -3.95. The summed E-state index contributed by atoms with van der Waals surface area (Å²) in [6, 6.07) is 1.12. The maximum atomic E-state index is 12.8. The van der Waals surface area contributed by atoms with Crippen LogP contribution in [0.4, 0.5) is 0 Å². The van der Waals surface area contributed by atoms with Gasteiger partial charge in [-0.1, -0.05) is 19.8 Å². The van der Waals surface area contributed by atoms with Gasteiger partial charge in [0.2, 0.25) is 10.0 Å². The zero-order valence-corrected chi connectivity index (χ0v) is 17.8. The average Bonchev–Trinajstić information content (AvgIpc) is 2.98. The van der Waals surface area contributed by atoms with Gasteiger partial charge >= 0.3 is 0 Å². The smallest absolute Gasteiger partial charge is 0.252 e. The van der Waals surface area contributed by atoms with Crippen molar-refractivity contribution in [2.45, 2.75) is 47.1 Å². The molecular weight excluding hydrogens is 422 g/mol. The van der Waals surface area contributed by atoms with Crippen LogP contribution in [-0.2, 0) is 20.0 Å². The Morgan fingerprint density at radius 2 is 2.00 bits per heavy atom. The lowest BCUT2D eigenvalue weighted by atomic mass is 10.1. The molecule has 1 aromatic heterocycles. The second kappa shape index (κ2) is 9.78. The Kier molecular flexibility index (Phi) is 8.94. The molecule has 0 bridgehead atoms. The van der Waals surface area contributed by atoms with Gasteiger partial charge in [-0.15, -0.1) is 23.7 Å². The first-order valence-electron chi connectivity index (χ1n) is 8.22. The highest BCUT2D eigenvalue weighted by atomic mass is 35.5. The predicted molar refractivity (Wildman–Crippen MR) is 104 cm³/mol. The molecule has 0 spiro atoms. The number of rotatable bonds is 9. The van der Waals surface area contributed by atoms with Gasteiger partial charge in [-0.2, -0.15) is 4.31 Å². The van der Waals surface area contributed by atoms with Crippen LogP contribution < -0.4 is 10.5 Å². The quantitative estimate of drug-likeness (QED) is 0.484. The van der Waals surface area contributed by atoms with Crippen LogP contribution >= 0.6 is 23.7 Å². The number of unbranched alkanes of at least 4 members (excludes halogenated alkanes) is 3.